The highest BCUT2D eigenvalue weighted by molar-refractivity contribution is 4.91. The highest BCUT2D eigenvalue weighted by Crippen LogP contribution is 2.42. The fraction of sp³-hybridized carbons (Fsp3) is 1.00. The first kappa shape index (κ1) is 10.4. The molecule has 2 heteroatoms. The molecule has 0 amide bonds. The average Bonchev–Trinajstić information content (AvgIpc) is 2.60. The van der Waals surface area contributed by atoms with E-state index in [9.17, 15) is 0 Å². The van der Waals surface area contributed by atoms with Gasteiger partial charge in [0.1, 0.15) is 0 Å². The van der Waals surface area contributed by atoms with Crippen LogP contribution in [0.25, 0.3) is 0 Å². The summed E-state index contributed by atoms with van der Waals surface area (Å²) in [5.74, 6) is 0. The summed E-state index contributed by atoms with van der Waals surface area (Å²) < 4.78 is 6.25. The summed E-state index contributed by atoms with van der Waals surface area (Å²) in [5.41, 5.74) is 0.316. The molecule has 0 aromatic carbocycles. The van der Waals surface area contributed by atoms with E-state index in [1.807, 2.05) is 7.05 Å². The van der Waals surface area contributed by atoms with Crippen molar-refractivity contribution in [2.24, 2.45) is 0 Å². The van der Waals surface area contributed by atoms with Crippen molar-refractivity contribution in [1.82, 2.24) is 5.32 Å². The predicted octanol–water partition coefficient (Wildman–Crippen LogP) is 2.48. The average molecular weight is 197 g/mol. The third-order valence-electron chi connectivity index (χ3n) is 3.82. The first-order valence-electron chi connectivity index (χ1n) is 6.17. The summed E-state index contributed by atoms with van der Waals surface area (Å²) >= 11 is 0. The maximum atomic E-state index is 6.25. The molecule has 2 fully saturated rings. The van der Waals surface area contributed by atoms with Crippen LogP contribution in [0.15, 0.2) is 0 Å². The number of hydrogen-bond donors (Lipinski definition) is 1. The number of rotatable bonds is 3. The lowest BCUT2D eigenvalue weighted by Crippen LogP contribution is -2.32. The zero-order valence-electron chi connectivity index (χ0n) is 9.35. The largest absolute Gasteiger partial charge is 0.372 e. The molecule has 1 saturated carbocycles. The molecule has 0 aromatic heterocycles. The van der Waals surface area contributed by atoms with Crippen LogP contribution >= 0.6 is 0 Å². The van der Waals surface area contributed by atoms with Gasteiger partial charge in [0.2, 0.25) is 0 Å². The van der Waals surface area contributed by atoms with Gasteiger partial charge in [0, 0.05) is 0 Å². The van der Waals surface area contributed by atoms with E-state index in [1.54, 1.807) is 0 Å². The Morgan fingerprint density at radius 3 is 2.71 bits per heavy atom. The van der Waals surface area contributed by atoms with Crippen LogP contribution in [-0.2, 0) is 4.74 Å². The van der Waals surface area contributed by atoms with Gasteiger partial charge in [-0.1, -0.05) is 19.3 Å². The molecule has 1 spiro atoms. The first-order chi connectivity index (χ1) is 6.85. The van der Waals surface area contributed by atoms with Crippen molar-refractivity contribution in [3.05, 3.63) is 0 Å². The molecule has 0 radical (unpaired) electrons. The van der Waals surface area contributed by atoms with E-state index >= 15 is 0 Å². The normalized spacial score (nSPS) is 31.1. The Balaban J connectivity index is 1.80. The fourth-order valence-corrected chi connectivity index (χ4v) is 2.97. The minimum atomic E-state index is 0.316. The molecular weight excluding hydrogens is 174 g/mol. The van der Waals surface area contributed by atoms with Crippen LogP contribution in [0.5, 0.6) is 0 Å². The van der Waals surface area contributed by atoms with Crippen molar-refractivity contribution >= 4 is 0 Å². The van der Waals surface area contributed by atoms with Crippen LogP contribution in [-0.4, -0.2) is 25.3 Å². The van der Waals surface area contributed by atoms with E-state index in [0.717, 1.165) is 6.54 Å². The van der Waals surface area contributed by atoms with Crippen LogP contribution in [0.4, 0.5) is 0 Å². The van der Waals surface area contributed by atoms with Gasteiger partial charge in [0.05, 0.1) is 11.7 Å². The monoisotopic (exact) mass is 197 g/mol. The Kier molecular flexibility index (Phi) is 3.45. The van der Waals surface area contributed by atoms with Gasteiger partial charge < -0.3 is 10.1 Å². The molecule has 1 aliphatic heterocycles. The molecular formula is C12H23NO. The Morgan fingerprint density at radius 1 is 1.21 bits per heavy atom. The quantitative estimate of drug-likeness (QED) is 0.750. The number of ether oxygens (including phenoxy) is 1. The molecule has 0 bridgehead atoms. The Hall–Kier alpha value is -0.0800. The third-order valence-corrected chi connectivity index (χ3v) is 3.82. The fourth-order valence-electron chi connectivity index (χ4n) is 2.97. The highest BCUT2D eigenvalue weighted by atomic mass is 16.5. The minimum Gasteiger partial charge on any atom is -0.372 e. The summed E-state index contributed by atoms with van der Waals surface area (Å²) in [6.45, 7) is 1.10. The summed E-state index contributed by atoms with van der Waals surface area (Å²) in [6.07, 6.45) is 11.2. The van der Waals surface area contributed by atoms with Gasteiger partial charge in [0.25, 0.3) is 0 Å². The molecule has 82 valence electrons. The van der Waals surface area contributed by atoms with E-state index in [1.165, 1.54) is 51.4 Å². The molecule has 1 heterocycles. The lowest BCUT2D eigenvalue weighted by molar-refractivity contribution is -0.0651. The van der Waals surface area contributed by atoms with Crippen LogP contribution in [0.3, 0.4) is 0 Å². The summed E-state index contributed by atoms with van der Waals surface area (Å²) in [7, 11) is 2.02. The van der Waals surface area contributed by atoms with E-state index in [4.69, 9.17) is 4.74 Å². The van der Waals surface area contributed by atoms with Crippen molar-refractivity contribution in [3.8, 4) is 0 Å². The zero-order valence-corrected chi connectivity index (χ0v) is 9.35. The third kappa shape index (κ3) is 2.29. The summed E-state index contributed by atoms with van der Waals surface area (Å²) in [4.78, 5) is 0. The van der Waals surface area contributed by atoms with E-state index < -0.39 is 0 Å². The van der Waals surface area contributed by atoms with Crippen LogP contribution in [0.1, 0.15) is 51.4 Å². The van der Waals surface area contributed by atoms with Crippen molar-refractivity contribution in [2.45, 2.75) is 63.1 Å². The molecule has 1 saturated heterocycles. The molecule has 14 heavy (non-hydrogen) atoms. The van der Waals surface area contributed by atoms with Gasteiger partial charge in [-0.15, -0.1) is 0 Å². The second-order valence-corrected chi connectivity index (χ2v) is 4.91. The molecule has 1 atom stereocenters. The van der Waals surface area contributed by atoms with E-state index in [2.05, 4.69) is 5.32 Å². The van der Waals surface area contributed by atoms with Crippen LogP contribution in [0.2, 0.25) is 0 Å². The Morgan fingerprint density at radius 2 is 2.00 bits per heavy atom. The van der Waals surface area contributed by atoms with Gasteiger partial charge in [-0.25, -0.2) is 0 Å². The lowest BCUT2D eigenvalue weighted by atomic mass is 9.83. The molecule has 1 unspecified atom stereocenters. The summed E-state index contributed by atoms with van der Waals surface area (Å²) in [6, 6.07) is 0. The van der Waals surface area contributed by atoms with Crippen molar-refractivity contribution in [2.75, 3.05) is 13.6 Å². The molecule has 0 aromatic rings. The smallest absolute Gasteiger partial charge is 0.0687 e. The predicted molar refractivity (Wildman–Crippen MR) is 58.5 cm³/mol. The second kappa shape index (κ2) is 4.63. The topological polar surface area (TPSA) is 21.3 Å². The van der Waals surface area contributed by atoms with Crippen molar-refractivity contribution < 1.29 is 4.74 Å². The Labute approximate surface area is 87.4 Å². The maximum Gasteiger partial charge on any atom is 0.0687 e. The zero-order chi connectivity index (χ0) is 9.86. The van der Waals surface area contributed by atoms with Gasteiger partial charge in [0.15, 0.2) is 0 Å². The molecule has 1 N–H and O–H groups in total. The van der Waals surface area contributed by atoms with Gasteiger partial charge >= 0.3 is 0 Å². The van der Waals surface area contributed by atoms with Crippen LogP contribution < -0.4 is 5.32 Å². The number of nitrogens with one attached hydrogen (secondary N) is 1. The SMILES string of the molecule is CNCCC1CCC2(CCCCC2)O1. The standard InChI is InChI=1S/C12H23NO/c1-13-10-6-11-5-9-12(14-11)7-3-2-4-8-12/h11,13H,2-10H2,1H3. The van der Waals surface area contributed by atoms with Gasteiger partial charge in [-0.3, -0.25) is 0 Å². The lowest BCUT2D eigenvalue weighted by Gasteiger charge is -2.33. The minimum absolute atomic E-state index is 0.316. The molecule has 2 aliphatic rings. The van der Waals surface area contributed by atoms with Crippen molar-refractivity contribution in [1.29, 1.82) is 0 Å². The van der Waals surface area contributed by atoms with E-state index in [0.29, 0.717) is 11.7 Å². The van der Waals surface area contributed by atoms with Gasteiger partial charge in [-0.05, 0) is 45.7 Å². The Bertz CT molecular complexity index is 175. The molecule has 1 aliphatic carbocycles. The maximum absolute atomic E-state index is 6.25. The highest BCUT2D eigenvalue weighted by Gasteiger charge is 2.40. The number of hydrogen-bond acceptors (Lipinski definition) is 2. The summed E-state index contributed by atoms with van der Waals surface area (Å²) in [5, 5.41) is 3.21. The van der Waals surface area contributed by atoms with Gasteiger partial charge in [-0.2, -0.15) is 0 Å². The molecule has 2 nitrogen and oxygen atoms in total. The molecule has 2 rings (SSSR count). The van der Waals surface area contributed by atoms with E-state index in [-0.39, 0.29) is 0 Å². The van der Waals surface area contributed by atoms with Crippen LogP contribution in [0, 0.1) is 0 Å². The first-order valence-corrected chi connectivity index (χ1v) is 6.17. The second-order valence-electron chi connectivity index (χ2n) is 4.91. The van der Waals surface area contributed by atoms with Crippen molar-refractivity contribution in [3.63, 3.8) is 0 Å².